The number of thiocarbonyl (C=S) groups is 1. The average Bonchev–Trinajstić information content (AvgIpc) is 2.18. The SMILES string of the molecule is CC1CC(C(=O)NCC(=O)NC(C)(C)C)(C(N)=S)C1. The summed E-state index contributed by atoms with van der Waals surface area (Å²) in [5.74, 6) is -0.0101. The van der Waals surface area contributed by atoms with Gasteiger partial charge in [0.15, 0.2) is 0 Å². The molecule has 5 nitrogen and oxygen atoms in total. The van der Waals surface area contributed by atoms with E-state index in [1.165, 1.54) is 0 Å². The first-order valence-corrected chi connectivity index (χ1v) is 6.87. The van der Waals surface area contributed by atoms with Crippen LogP contribution < -0.4 is 16.4 Å². The van der Waals surface area contributed by atoms with E-state index in [1.807, 2.05) is 20.8 Å². The topological polar surface area (TPSA) is 84.2 Å². The van der Waals surface area contributed by atoms with Gasteiger partial charge in [-0.25, -0.2) is 0 Å². The van der Waals surface area contributed by atoms with Crippen LogP contribution in [0.1, 0.15) is 40.5 Å². The van der Waals surface area contributed by atoms with Crippen LogP contribution in [-0.2, 0) is 9.59 Å². The zero-order chi connectivity index (χ0) is 14.8. The minimum Gasteiger partial charge on any atom is -0.392 e. The summed E-state index contributed by atoms with van der Waals surface area (Å²) >= 11 is 4.99. The lowest BCUT2D eigenvalue weighted by Gasteiger charge is -2.44. The van der Waals surface area contributed by atoms with Crippen LogP contribution in [0.25, 0.3) is 0 Å². The Balaban J connectivity index is 2.51. The highest BCUT2D eigenvalue weighted by atomic mass is 32.1. The Kier molecular flexibility index (Phi) is 4.55. The van der Waals surface area contributed by atoms with Crippen LogP contribution in [0.5, 0.6) is 0 Å². The number of nitrogens with one attached hydrogen (secondary N) is 2. The predicted molar refractivity (Wildman–Crippen MR) is 78.5 cm³/mol. The monoisotopic (exact) mass is 285 g/mol. The summed E-state index contributed by atoms with van der Waals surface area (Å²) in [6.07, 6.45) is 1.32. The average molecular weight is 285 g/mol. The van der Waals surface area contributed by atoms with E-state index >= 15 is 0 Å². The lowest BCUT2D eigenvalue weighted by atomic mass is 9.62. The Morgan fingerprint density at radius 3 is 2.26 bits per heavy atom. The molecule has 1 saturated carbocycles. The lowest BCUT2D eigenvalue weighted by molar-refractivity contribution is -0.135. The number of amides is 2. The van der Waals surface area contributed by atoms with Gasteiger partial charge in [0.05, 0.1) is 16.9 Å². The maximum atomic E-state index is 12.1. The molecule has 6 heteroatoms. The van der Waals surface area contributed by atoms with Gasteiger partial charge in [-0.2, -0.15) is 0 Å². The summed E-state index contributed by atoms with van der Waals surface area (Å²) in [7, 11) is 0. The Hall–Kier alpha value is -1.17. The van der Waals surface area contributed by atoms with Gasteiger partial charge in [0, 0.05) is 5.54 Å². The molecule has 0 aromatic carbocycles. The molecular weight excluding hydrogens is 262 g/mol. The van der Waals surface area contributed by atoms with Crippen molar-refractivity contribution in [3.8, 4) is 0 Å². The quantitative estimate of drug-likeness (QED) is 0.665. The number of hydrogen-bond donors (Lipinski definition) is 3. The van der Waals surface area contributed by atoms with Gasteiger partial charge in [-0.05, 0) is 39.5 Å². The smallest absolute Gasteiger partial charge is 0.239 e. The molecule has 1 aliphatic rings. The molecule has 0 heterocycles. The number of rotatable bonds is 4. The van der Waals surface area contributed by atoms with Gasteiger partial charge in [-0.1, -0.05) is 19.1 Å². The molecule has 0 bridgehead atoms. The number of nitrogens with two attached hydrogens (primary N) is 1. The van der Waals surface area contributed by atoms with Gasteiger partial charge in [-0.15, -0.1) is 0 Å². The minimum absolute atomic E-state index is 0.0468. The van der Waals surface area contributed by atoms with Gasteiger partial charge in [0.2, 0.25) is 11.8 Å². The second-order valence-electron chi connectivity index (χ2n) is 6.44. The molecule has 1 fully saturated rings. The normalized spacial score (nSPS) is 26.2. The maximum absolute atomic E-state index is 12.1. The summed E-state index contributed by atoms with van der Waals surface area (Å²) in [5, 5.41) is 5.41. The highest BCUT2D eigenvalue weighted by Crippen LogP contribution is 2.45. The molecule has 2 amide bonds. The molecule has 108 valence electrons. The predicted octanol–water partition coefficient (Wildman–Crippen LogP) is 0.720. The van der Waals surface area contributed by atoms with Crippen LogP contribution >= 0.6 is 12.2 Å². The Bertz CT molecular complexity index is 395. The molecule has 19 heavy (non-hydrogen) atoms. The Morgan fingerprint density at radius 1 is 1.37 bits per heavy atom. The third-order valence-electron chi connectivity index (χ3n) is 3.22. The highest BCUT2D eigenvalue weighted by molar-refractivity contribution is 7.80. The van der Waals surface area contributed by atoms with Crippen molar-refractivity contribution in [3.05, 3.63) is 0 Å². The van der Waals surface area contributed by atoms with Crippen molar-refractivity contribution in [1.82, 2.24) is 10.6 Å². The zero-order valence-electron chi connectivity index (χ0n) is 12.0. The molecule has 0 aromatic heterocycles. The summed E-state index contributed by atoms with van der Waals surface area (Å²) in [4.78, 5) is 24.0. The summed E-state index contributed by atoms with van der Waals surface area (Å²) in [6.45, 7) is 7.66. The first-order chi connectivity index (χ1) is 8.57. The van der Waals surface area contributed by atoms with Crippen molar-refractivity contribution in [2.24, 2.45) is 17.1 Å². The summed E-state index contributed by atoms with van der Waals surface area (Å²) < 4.78 is 0. The molecule has 0 aromatic rings. The van der Waals surface area contributed by atoms with Crippen LogP contribution in [0.15, 0.2) is 0 Å². The molecule has 4 N–H and O–H groups in total. The number of carbonyl (C=O) groups excluding carboxylic acids is 2. The van der Waals surface area contributed by atoms with Gasteiger partial charge < -0.3 is 16.4 Å². The van der Waals surface area contributed by atoms with Crippen LogP contribution in [-0.4, -0.2) is 28.9 Å². The van der Waals surface area contributed by atoms with Crippen molar-refractivity contribution in [3.63, 3.8) is 0 Å². The second kappa shape index (κ2) is 5.45. The van der Waals surface area contributed by atoms with E-state index in [1.54, 1.807) is 0 Å². The fourth-order valence-electron chi connectivity index (χ4n) is 2.42. The van der Waals surface area contributed by atoms with Crippen LogP contribution in [0.2, 0.25) is 0 Å². The highest BCUT2D eigenvalue weighted by Gasteiger charge is 2.50. The lowest BCUT2D eigenvalue weighted by Crippen LogP contribution is -2.57. The number of carbonyl (C=O) groups is 2. The fraction of sp³-hybridized carbons (Fsp3) is 0.769. The third-order valence-corrected chi connectivity index (χ3v) is 3.61. The summed E-state index contributed by atoms with van der Waals surface area (Å²) in [6, 6.07) is 0. The van der Waals surface area contributed by atoms with E-state index in [0.29, 0.717) is 18.8 Å². The van der Waals surface area contributed by atoms with Crippen molar-refractivity contribution in [1.29, 1.82) is 0 Å². The largest absolute Gasteiger partial charge is 0.392 e. The van der Waals surface area contributed by atoms with E-state index in [2.05, 4.69) is 17.6 Å². The standard InChI is InChI=1S/C13H23N3O2S/c1-8-5-13(6-8,10(14)19)11(18)15-7-9(17)16-12(2,3)4/h8H,5-7H2,1-4H3,(H2,14,19)(H,15,18)(H,16,17). The molecule has 0 aliphatic heterocycles. The van der Waals surface area contributed by atoms with Crippen LogP contribution in [0, 0.1) is 11.3 Å². The van der Waals surface area contributed by atoms with E-state index in [0.717, 1.165) is 0 Å². The van der Waals surface area contributed by atoms with Crippen molar-refractivity contribution in [2.45, 2.75) is 46.1 Å². The Labute approximate surface area is 119 Å². The molecule has 0 radical (unpaired) electrons. The van der Waals surface area contributed by atoms with Crippen LogP contribution in [0.3, 0.4) is 0 Å². The second-order valence-corrected chi connectivity index (χ2v) is 6.88. The minimum atomic E-state index is -0.753. The van der Waals surface area contributed by atoms with Crippen LogP contribution in [0.4, 0.5) is 0 Å². The van der Waals surface area contributed by atoms with E-state index in [9.17, 15) is 9.59 Å². The van der Waals surface area contributed by atoms with Gasteiger partial charge >= 0.3 is 0 Å². The van der Waals surface area contributed by atoms with E-state index in [-0.39, 0.29) is 28.9 Å². The third kappa shape index (κ3) is 3.89. The first-order valence-electron chi connectivity index (χ1n) is 6.46. The van der Waals surface area contributed by atoms with E-state index < -0.39 is 5.41 Å². The molecule has 0 unspecified atom stereocenters. The molecule has 1 rings (SSSR count). The molecular formula is C13H23N3O2S. The van der Waals surface area contributed by atoms with Gasteiger partial charge in [-0.3, -0.25) is 9.59 Å². The van der Waals surface area contributed by atoms with Crippen molar-refractivity contribution < 1.29 is 9.59 Å². The molecule has 0 spiro atoms. The maximum Gasteiger partial charge on any atom is 0.239 e. The van der Waals surface area contributed by atoms with E-state index in [4.69, 9.17) is 18.0 Å². The Morgan fingerprint density at radius 2 is 1.89 bits per heavy atom. The van der Waals surface area contributed by atoms with Crippen molar-refractivity contribution >= 4 is 29.0 Å². The molecule has 0 saturated heterocycles. The van der Waals surface area contributed by atoms with Crippen molar-refractivity contribution in [2.75, 3.05) is 6.54 Å². The van der Waals surface area contributed by atoms with Gasteiger partial charge in [0.25, 0.3) is 0 Å². The summed E-state index contributed by atoms with van der Waals surface area (Å²) in [5.41, 5.74) is 4.61. The molecule has 0 atom stereocenters. The zero-order valence-corrected chi connectivity index (χ0v) is 12.8. The van der Waals surface area contributed by atoms with Gasteiger partial charge in [0.1, 0.15) is 0 Å². The number of hydrogen-bond acceptors (Lipinski definition) is 3. The molecule has 1 aliphatic carbocycles. The fourth-order valence-corrected chi connectivity index (χ4v) is 2.68. The first kappa shape index (κ1) is 15.9.